The van der Waals surface area contributed by atoms with E-state index in [2.05, 4.69) is 20.4 Å². The van der Waals surface area contributed by atoms with Gasteiger partial charge in [0, 0.05) is 16.8 Å². The summed E-state index contributed by atoms with van der Waals surface area (Å²) in [7, 11) is 0. The molecule has 1 N–H and O–H groups in total. The van der Waals surface area contributed by atoms with Gasteiger partial charge in [-0.2, -0.15) is 23.0 Å². The van der Waals surface area contributed by atoms with Crippen molar-refractivity contribution in [3.8, 4) is 5.82 Å². The van der Waals surface area contributed by atoms with E-state index >= 15 is 0 Å². The maximum Gasteiger partial charge on any atom is 0.416 e. The summed E-state index contributed by atoms with van der Waals surface area (Å²) >= 11 is 11.5. The summed E-state index contributed by atoms with van der Waals surface area (Å²) in [6.07, 6.45) is -1.92. The van der Waals surface area contributed by atoms with Gasteiger partial charge in [-0.25, -0.2) is 9.97 Å². The van der Waals surface area contributed by atoms with Crippen LogP contribution in [0.4, 0.5) is 13.2 Å². The van der Waals surface area contributed by atoms with Gasteiger partial charge in [-0.05, 0) is 37.3 Å². The van der Waals surface area contributed by atoms with Gasteiger partial charge in [0.2, 0.25) is 0 Å². The molecule has 6 nitrogen and oxygen atoms in total. The smallest absolute Gasteiger partial charge is 0.342 e. The highest BCUT2D eigenvalue weighted by Gasteiger charge is 2.32. The number of benzene rings is 1. The Hall–Kier alpha value is -2.65. The molecule has 0 bridgehead atoms. The Bertz CT molecular complexity index is 1000. The molecule has 2 aromatic heterocycles. The lowest BCUT2D eigenvalue weighted by Crippen LogP contribution is -2.29. The van der Waals surface area contributed by atoms with Gasteiger partial charge in [0.15, 0.2) is 11.6 Å². The molecule has 28 heavy (non-hydrogen) atoms. The highest BCUT2D eigenvalue weighted by atomic mass is 35.5. The Kier molecular flexibility index (Phi) is 5.57. The van der Waals surface area contributed by atoms with Gasteiger partial charge >= 0.3 is 6.18 Å². The number of alkyl halides is 3. The fourth-order valence-corrected chi connectivity index (χ4v) is 2.79. The minimum absolute atomic E-state index is 0.193. The normalized spacial score (nSPS) is 12.6. The lowest BCUT2D eigenvalue weighted by molar-refractivity contribution is -0.137. The zero-order valence-electron chi connectivity index (χ0n) is 14.2. The summed E-state index contributed by atoms with van der Waals surface area (Å²) in [6, 6.07) is 5.19. The van der Waals surface area contributed by atoms with E-state index in [-0.39, 0.29) is 10.6 Å². The first kappa shape index (κ1) is 20.1. The molecular weight excluding hydrogens is 418 g/mol. The van der Waals surface area contributed by atoms with Crippen molar-refractivity contribution in [1.82, 2.24) is 25.1 Å². The number of carbonyl (C=O) groups excluding carboxylic acids is 1. The average molecular weight is 430 g/mol. The molecule has 1 atom stereocenters. The molecule has 2 heterocycles. The molecule has 0 aliphatic heterocycles. The van der Waals surface area contributed by atoms with E-state index in [4.69, 9.17) is 23.2 Å². The van der Waals surface area contributed by atoms with Crippen LogP contribution in [-0.2, 0) is 6.18 Å². The molecule has 1 amide bonds. The Morgan fingerprint density at radius 3 is 2.54 bits per heavy atom. The summed E-state index contributed by atoms with van der Waals surface area (Å²) in [5.74, 6) is 0.0143. The summed E-state index contributed by atoms with van der Waals surface area (Å²) < 4.78 is 40.2. The molecular formula is C17H12Cl2F3N5O. The fraction of sp³-hybridized carbons (Fsp3) is 0.176. The Labute approximate surface area is 167 Å². The lowest BCUT2D eigenvalue weighted by atomic mass is 10.1. The summed E-state index contributed by atoms with van der Waals surface area (Å²) in [4.78, 5) is 20.7. The third-order valence-electron chi connectivity index (χ3n) is 3.73. The van der Waals surface area contributed by atoms with Crippen LogP contribution >= 0.6 is 23.2 Å². The van der Waals surface area contributed by atoms with Crippen molar-refractivity contribution in [3.63, 3.8) is 0 Å². The zero-order chi connectivity index (χ0) is 20.5. The molecule has 0 spiro atoms. The summed E-state index contributed by atoms with van der Waals surface area (Å²) in [6.45, 7) is 1.61. The SMILES string of the molecule is CC(NC(=O)c1cc(Cl)cc(C(F)(F)F)c1)c1ncnn1-c1ccc(Cl)cn1. The summed E-state index contributed by atoms with van der Waals surface area (Å²) in [5, 5.41) is 6.89. The van der Waals surface area contributed by atoms with Gasteiger partial charge < -0.3 is 5.32 Å². The third-order valence-corrected chi connectivity index (χ3v) is 4.17. The third kappa shape index (κ3) is 4.42. The van der Waals surface area contributed by atoms with Gasteiger partial charge in [0.1, 0.15) is 6.33 Å². The van der Waals surface area contributed by atoms with Crippen molar-refractivity contribution < 1.29 is 18.0 Å². The number of carbonyl (C=O) groups is 1. The van der Waals surface area contributed by atoms with Crippen LogP contribution < -0.4 is 5.32 Å². The fourth-order valence-electron chi connectivity index (χ4n) is 2.44. The van der Waals surface area contributed by atoms with Crippen molar-refractivity contribution in [3.05, 3.63) is 69.9 Å². The second-order valence-corrected chi connectivity index (χ2v) is 6.66. The van der Waals surface area contributed by atoms with Crippen LogP contribution in [0.25, 0.3) is 5.82 Å². The highest BCUT2D eigenvalue weighted by molar-refractivity contribution is 6.31. The number of nitrogens with zero attached hydrogens (tertiary/aromatic N) is 4. The average Bonchev–Trinajstić information content (AvgIpc) is 3.11. The number of hydrogen-bond acceptors (Lipinski definition) is 4. The zero-order valence-corrected chi connectivity index (χ0v) is 15.7. The maximum atomic E-state index is 12.9. The van der Waals surface area contributed by atoms with Gasteiger partial charge in [0.25, 0.3) is 5.91 Å². The number of nitrogens with one attached hydrogen (secondary N) is 1. The Balaban J connectivity index is 1.84. The van der Waals surface area contributed by atoms with Crippen molar-refractivity contribution in [1.29, 1.82) is 0 Å². The van der Waals surface area contributed by atoms with Crippen molar-refractivity contribution in [2.24, 2.45) is 0 Å². The first-order chi connectivity index (χ1) is 13.1. The van der Waals surface area contributed by atoms with E-state index in [1.165, 1.54) is 17.2 Å². The monoisotopic (exact) mass is 429 g/mol. The van der Waals surface area contributed by atoms with Crippen LogP contribution in [0.3, 0.4) is 0 Å². The van der Waals surface area contributed by atoms with E-state index in [1.807, 2.05) is 0 Å². The topological polar surface area (TPSA) is 72.7 Å². The van der Waals surface area contributed by atoms with Gasteiger partial charge in [0.05, 0.1) is 16.6 Å². The second-order valence-electron chi connectivity index (χ2n) is 5.79. The lowest BCUT2D eigenvalue weighted by Gasteiger charge is -2.15. The van der Waals surface area contributed by atoms with E-state index in [0.29, 0.717) is 16.7 Å². The molecule has 0 radical (unpaired) electrons. The molecule has 0 aliphatic carbocycles. The van der Waals surface area contributed by atoms with Crippen molar-refractivity contribution in [2.45, 2.75) is 19.1 Å². The minimum Gasteiger partial charge on any atom is -0.342 e. The van der Waals surface area contributed by atoms with E-state index in [9.17, 15) is 18.0 Å². The van der Waals surface area contributed by atoms with E-state index in [0.717, 1.165) is 18.2 Å². The molecule has 146 valence electrons. The Morgan fingerprint density at radius 1 is 1.14 bits per heavy atom. The minimum atomic E-state index is -4.62. The number of hydrogen-bond donors (Lipinski definition) is 1. The molecule has 0 fully saturated rings. The van der Waals surface area contributed by atoms with Gasteiger partial charge in [-0.3, -0.25) is 4.79 Å². The number of halogens is 5. The molecule has 11 heteroatoms. The molecule has 0 aliphatic rings. The van der Waals surface area contributed by atoms with E-state index < -0.39 is 23.7 Å². The molecule has 1 unspecified atom stereocenters. The van der Waals surface area contributed by atoms with Crippen LogP contribution in [0.2, 0.25) is 10.0 Å². The maximum absolute atomic E-state index is 12.9. The van der Waals surface area contributed by atoms with Crippen molar-refractivity contribution >= 4 is 29.1 Å². The van der Waals surface area contributed by atoms with E-state index in [1.54, 1.807) is 19.1 Å². The number of amides is 1. The quantitative estimate of drug-likeness (QED) is 0.663. The predicted molar refractivity (Wildman–Crippen MR) is 96.5 cm³/mol. The van der Waals surface area contributed by atoms with Gasteiger partial charge in [-0.15, -0.1) is 0 Å². The first-order valence-electron chi connectivity index (χ1n) is 7.85. The molecule has 0 saturated carbocycles. The second kappa shape index (κ2) is 7.76. The standard InChI is InChI=1S/C17H12Cl2F3N5O/c1-9(15-24-8-25-27(15)14-3-2-12(18)7-23-14)26-16(28)10-4-11(17(20,21)22)6-13(19)5-10/h2-9H,1H3,(H,26,28). The van der Waals surface area contributed by atoms with Crippen LogP contribution in [0.5, 0.6) is 0 Å². The van der Waals surface area contributed by atoms with Crippen LogP contribution in [0.15, 0.2) is 42.9 Å². The summed E-state index contributed by atoms with van der Waals surface area (Å²) in [5.41, 5.74) is -1.23. The number of aromatic nitrogens is 4. The molecule has 0 saturated heterocycles. The van der Waals surface area contributed by atoms with Gasteiger partial charge in [-0.1, -0.05) is 23.2 Å². The molecule has 1 aromatic carbocycles. The first-order valence-corrected chi connectivity index (χ1v) is 8.61. The molecule has 3 rings (SSSR count). The van der Waals surface area contributed by atoms with Crippen LogP contribution in [0, 0.1) is 0 Å². The molecule has 3 aromatic rings. The number of pyridine rings is 1. The predicted octanol–water partition coefficient (Wildman–Crippen LogP) is 4.48. The van der Waals surface area contributed by atoms with Crippen molar-refractivity contribution in [2.75, 3.05) is 0 Å². The van der Waals surface area contributed by atoms with Crippen LogP contribution in [0.1, 0.15) is 34.7 Å². The van der Waals surface area contributed by atoms with Crippen LogP contribution in [-0.4, -0.2) is 25.7 Å². The highest BCUT2D eigenvalue weighted by Crippen LogP contribution is 2.32. The largest absolute Gasteiger partial charge is 0.416 e. The Morgan fingerprint density at radius 2 is 1.89 bits per heavy atom. The number of rotatable bonds is 4.